The normalized spacial score (nSPS) is 10.4. The molecule has 1 aromatic heterocycles. The van der Waals surface area contributed by atoms with Gasteiger partial charge in [0, 0.05) is 22.8 Å². The van der Waals surface area contributed by atoms with Crippen LogP contribution in [0.5, 0.6) is 11.6 Å². The van der Waals surface area contributed by atoms with Crippen molar-refractivity contribution < 1.29 is 9.13 Å². The van der Waals surface area contributed by atoms with Crippen LogP contribution in [0.4, 0.5) is 4.39 Å². The van der Waals surface area contributed by atoms with Crippen molar-refractivity contribution in [3.63, 3.8) is 0 Å². The monoisotopic (exact) mass is 310 g/mol. The van der Waals surface area contributed by atoms with E-state index in [0.717, 1.165) is 11.3 Å². The van der Waals surface area contributed by atoms with E-state index in [1.54, 1.807) is 18.2 Å². The van der Waals surface area contributed by atoms with Gasteiger partial charge >= 0.3 is 0 Å². The average Bonchev–Trinajstić information content (AvgIpc) is 2.33. The van der Waals surface area contributed by atoms with Gasteiger partial charge in [-0.3, -0.25) is 0 Å². The van der Waals surface area contributed by atoms with Gasteiger partial charge in [0.05, 0.1) is 0 Å². The molecule has 0 aliphatic heterocycles. The molecule has 18 heavy (non-hydrogen) atoms. The van der Waals surface area contributed by atoms with Crippen LogP contribution in [0.15, 0.2) is 34.8 Å². The zero-order valence-electron chi connectivity index (χ0n) is 9.78. The van der Waals surface area contributed by atoms with E-state index in [2.05, 4.69) is 20.9 Å². The molecule has 1 heterocycles. The molecule has 2 N–H and O–H groups in total. The molecule has 3 nitrogen and oxygen atoms in total. The molecule has 5 heteroatoms. The zero-order chi connectivity index (χ0) is 13.1. The van der Waals surface area contributed by atoms with Gasteiger partial charge in [-0.2, -0.15) is 0 Å². The highest BCUT2D eigenvalue weighted by atomic mass is 79.9. The smallest absolute Gasteiger partial charge is 0.219 e. The second-order valence-corrected chi connectivity index (χ2v) is 4.69. The van der Waals surface area contributed by atoms with Crippen molar-refractivity contribution in [1.82, 2.24) is 4.98 Å². The van der Waals surface area contributed by atoms with Crippen molar-refractivity contribution in [1.29, 1.82) is 0 Å². The van der Waals surface area contributed by atoms with Gasteiger partial charge in [0.1, 0.15) is 0 Å². The highest BCUT2D eigenvalue weighted by molar-refractivity contribution is 9.10. The second-order valence-electron chi connectivity index (χ2n) is 3.77. The van der Waals surface area contributed by atoms with Crippen LogP contribution in [-0.4, -0.2) is 4.98 Å². The number of hydrogen-bond donors (Lipinski definition) is 1. The Bertz CT molecular complexity index is 575. The van der Waals surface area contributed by atoms with E-state index in [-0.39, 0.29) is 5.75 Å². The number of halogens is 2. The van der Waals surface area contributed by atoms with Gasteiger partial charge in [-0.05, 0) is 30.7 Å². The van der Waals surface area contributed by atoms with Gasteiger partial charge in [-0.25, -0.2) is 9.37 Å². The molecule has 0 spiro atoms. The Morgan fingerprint density at radius 3 is 2.72 bits per heavy atom. The van der Waals surface area contributed by atoms with Crippen molar-refractivity contribution in [3.05, 3.63) is 51.9 Å². The number of pyridine rings is 1. The maximum absolute atomic E-state index is 13.6. The lowest BCUT2D eigenvalue weighted by Crippen LogP contribution is -2.01. The summed E-state index contributed by atoms with van der Waals surface area (Å²) in [5, 5.41) is 0. The van der Waals surface area contributed by atoms with Crippen LogP contribution < -0.4 is 10.5 Å². The fourth-order valence-electron chi connectivity index (χ4n) is 1.51. The number of aromatic nitrogens is 1. The number of hydrogen-bond acceptors (Lipinski definition) is 3. The minimum absolute atomic E-state index is 0.144. The first-order chi connectivity index (χ1) is 8.60. The summed E-state index contributed by atoms with van der Waals surface area (Å²) >= 11 is 3.19. The summed E-state index contributed by atoms with van der Waals surface area (Å²) in [5.41, 5.74) is 7.28. The summed E-state index contributed by atoms with van der Waals surface area (Å²) in [4.78, 5) is 4.22. The highest BCUT2D eigenvalue weighted by Gasteiger charge is 2.07. The Morgan fingerprint density at radius 1 is 1.33 bits per heavy atom. The van der Waals surface area contributed by atoms with Crippen molar-refractivity contribution in [2.24, 2.45) is 5.73 Å². The molecule has 0 unspecified atom stereocenters. The van der Waals surface area contributed by atoms with Crippen LogP contribution in [0.1, 0.15) is 11.3 Å². The van der Waals surface area contributed by atoms with Crippen LogP contribution >= 0.6 is 15.9 Å². The van der Waals surface area contributed by atoms with Crippen LogP contribution in [-0.2, 0) is 6.54 Å². The van der Waals surface area contributed by atoms with E-state index < -0.39 is 5.82 Å². The van der Waals surface area contributed by atoms with Crippen molar-refractivity contribution in [2.75, 3.05) is 0 Å². The fourth-order valence-corrected chi connectivity index (χ4v) is 1.84. The summed E-state index contributed by atoms with van der Waals surface area (Å²) < 4.78 is 19.6. The van der Waals surface area contributed by atoms with E-state index in [1.165, 1.54) is 6.07 Å². The molecule has 2 rings (SSSR count). The molecule has 94 valence electrons. The Hall–Kier alpha value is -1.46. The maximum Gasteiger partial charge on any atom is 0.219 e. The van der Waals surface area contributed by atoms with Crippen LogP contribution in [0.25, 0.3) is 0 Å². The highest BCUT2D eigenvalue weighted by Crippen LogP contribution is 2.26. The maximum atomic E-state index is 13.6. The first-order valence-electron chi connectivity index (χ1n) is 5.39. The number of rotatable bonds is 3. The van der Waals surface area contributed by atoms with Crippen LogP contribution in [0.3, 0.4) is 0 Å². The Labute approximate surface area is 113 Å². The molecular weight excluding hydrogens is 299 g/mol. The Balaban J connectivity index is 2.26. The average molecular weight is 311 g/mol. The predicted octanol–water partition coefficient (Wildman–Crippen LogP) is 3.54. The molecule has 0 aliphatic rings. The van der Waals surface area contributed by atoms with E-state index in [1.807, 2.05) is 13.0 Å². The summed E-state index contributed by atoms with van der Waals surface area (Å²) in [7, 11) is 0. The van der Waals surface area contributed by atoms with E-state index >= 15 is 0 Å². The molecule has 0 atom stereocenters. The SMILES string of the molecule is Cc1nc(Oc2ccc(Br)cc2F)ccc1CN. The third-order valence-corrected chi connectivity index (χ3v) is 2.99. The molecule has 0 saturated heterocycles. The lowest BCUT2D eigenvalue weighted by molar-refractivity contribution is 0.426. The molecule has 0 aliphatic carbocycles. The number of aryl methyl sites for hydroxylation is 1. The minimum Gasteiger partial charge on any atom is -0.436 e. The number of nitrogens with two attached hydrogens (primary N) is 1. The minimum atomic E-state index is -0.438. The zero-order valence-corrected chi connectivity index (χ0v) is 11.4. The van der Waals surface area contributed by atoms with Crippen molar-refractivity contribution in [2.45, 2.75) is 13.5 Å². The summed E-state index contributed by atoms with van der Waals surface area (Å²) in [6, 6.07) is 8.11. The first-order valence-corrected chi connectivity index (χ1v) is 6.19. The van der Waals surface area contributed by atoms with Gasteiger partial charge in [0.2, 0.25) is 5.88 Å². The quantitative estimate of drug-likeness (QED) is 0.943. The molecule has 1 aromatic carbocycles. The molecule has 0 amide bonds. The van der Waals surface area contributed by atoms with Crippen LogP contribution in [0.2, 0.25) is 0 Å². The molecule has 0 bridgehead atoms. The summed E-state index contributed by atoms with van der Waals surface area (Å²) in [6.07, 6.45) is 0. The largest absolute Gasteiger partial charge is 0.436 e. The second kappa shape index (κ2) is 5.46. The van der Waals surface area contributed by atoms with Crippen molar-refractivity contribution >= 4 is 15.9 Å². The van der Waals surface area contributed by atoms with Crippen molar-refractivity contribution in [3.8, 4) is 11.6 Å². The number of benzene rings is 1. The van der Waals surface area contributed by atoms with Gasteiger partial charge in [0.15, 0.2) is 11.6 Å². The van der Waals surface area contributed by atoms with E-state index in [0.29, 0.717) is 16.9 Å². The van der Waals surface area contributed by atoms with Gasteiger partial charge in [-0.15, -0.1) is 0 Å². The lowest BCUT2D eigenvalue weighted by Gasteiger charge is -2.08. The lowest BCUT2D eigenvalue weighted by atomic mass is 10.2. The molecule has 0 radical (unpaired) electrons. The fraction of sp³-hybridized carbons (Fsp3) is 0.154. The molecule has 0 saturated carbocycles. The first kappa shape index (κ1) is 13.0. The van der Waals surface area contributed by atoms with E-state index in [9.17, 15) is 4.39 Å². The predicted molar refractivity (Wildman–Crippen MR) is 71.0 cm³/mol. The Morgan fingerprint density at radius 2 is 2.11 bits per heavy atom. The van der Waals surface area contributed by atoms with Gasteiger partial charge < -0.3 is 10.5 Å². The molecule has 2 aromatic rings. The summed E-state index contributed by atoms with van der Waals surface area (Å²) in [5.74, 6) is 0.0586. The summed E-state index contributed by atoms with van der Waals surface area (Å²) in [6.45, 7) is 2.26. The van der Waals surface area contributed by atoms with Gasteiger partial charge in [-0.1, -0.05) is 22.0 Å². The third-order valence-electron chi connectivity index (χ3n) is 2.50. The Kier molecular flexibility index (Phi) is 3.93. The number of nitrogens with zero attached hydrogens (tertiary/aromatic N) is 1. The van der Waals surface area contributed by atoms with Crippen LogP contribution in [0, 0.1) is 12.7 Å². The number of ether oxygens (including phenoxy) is 1. The molecular formula is C13H12BrFN2O. The topological polar surface area (TPSA) is 48.1 Å². The third kappa shape index (κ3) is 2.86. The van der Waals surface area contributed by atoms with Gasteiger partial charge in [0.25, 0.3) is 0 Å². The molecule has 0 fully saturated rings. The van der Waals surface area contributed by atoms with E-state index in [4.69, 9.17) is 10.5 Å². The standard InChI is InChI=1S/C13H12BrFN2O/c1-8-9(7-16)2-5-13(17-8)18-12-4-3-10(14)6-11(12)15/h2-6H,7,16H2,1H3.